The molecule has 0 fully saturated rings. The maximum absolute atomic E-state index is 13.2. The Kier molecular flexibility index (Phi) is 9.20. The quantitative estimate of drug-likeness (QED) is 0.615. The molecule has 2 atom stereocenters. The topological polar surface area (TPSA) is 49.4 Å². The van der Waals surface area contributed by atoms with Crippen molar-refractivity contribution in [3.63, 3.8) is 0 Å². The molecule has 2 aromatic rings. The Hall–Kier alpha value is -2.33. The van der Waals surface area contributed by atoms with Gasteiger partial charge in [0.2, 0.25) is 11.8 Å². The summed E-state index contributed by atoms with van der Waals surface area (Å²) >= 11 is 6.26. The molecule has 2 amide bonds. The van der Waals surface area contributed by atoms with Crippen LogP contribution in [0.5, 0.6) is 0 Å². The predicted octanol–water partition coefficient (Wildman–Crippen LogP) is 4.65. The van der Waals surface area contributed by atoms with Crippen LogP contribution in [0.25, 0.3) is 0 Å². The Morgan fingerprint density at radius 2 is 1.66 bits per heavy atom. The first-order valence-corrected chi connectivity index (χ1v) is 10.7. The summed E-state index contributed by atoms with van der Waals surface area (Å²) in [6, 6.07) is 16.9. The van der Waals surface area contributed by atoms with Crippen LogP contribution in [0.4, 0.5) is 0 Å². The van der Waals surface area contributed by atoms with E-state index in [0.717, 1.165) is 17.5 Å². The third-order valence-corrected chi connectivity index (χ3v) is 5.54. The lowest BCUT2D eigenvalue weighted by atomic mass is 10.1. The summed E-state index contributed by atoms with van der Waals surface area (Å²) in [5.74, 6) is -0.178. The lowest BCUT2D eigenvalue weighted by Gasteiger charge is -2.31. The molecule has 2 rings (SSSR count). The number of rotatable bonds is 10. The van der Waals surface area contributed by atoms with Gasteiger partial charge in [0.25, 0.3) is 0 Å². The Balaban J connectivity index is 2.21. The molecule has 5 heteroatoms. The molecular weight excluding hydrogens is 384 g/mol. The van der Waals surface area contributed by atoms with Crippen LogP contribution in [0.2, 0.25) is 5.02 Å². The van der Waals surface area contributed by atoms with Gasteiger partial charge in [-0.3, -0.25) is 9.59 Å². The van der Waals surface area contributed by atoms with Gasteiger partial charge in [-0.2, -0.15) is 0 Å². The number of hydrogen-bond acceptors (Lipinski definition) is 2. The van der Waals surface area contributed by atoms with Gasteiger partial charge in [0.1, 0.15) is 6.04 Å². The Morgan fingerprint density at radius 1 is 1.00 bits per heavy atom. The molecule has 29 heavy (non-hydrogen) atoms. The molecule has 0 bridgehead atoms. The first kappa shape index (κ1) is 23.0. The minimum atomic E-state index is -0.498. The molecule has 0 radical (unpaired) electrons. The number of carbonyl (C=O) groups is 2. The van der Waals surface area contributed by atoms with Crippen LogP contribution in [-0.2, 0) is 22.4 Å². The van der Waals surface area contributed by atoms with Crippen LogP contribution in [0, 0.1) is 0 Å². The normalized spacial score (nSPS) is 12.8. The van der Waals surface area contributed by atoms with Crippen molar-refractivity contribution in [2.45, 2.75) is 58.5 Å². The number of halogens is 1. The van der Waals surface area contributed by atoms with E-state index in [0.29, 0.717) is 24.4 Å². The molecule has 0 aliphatic rings. The van der Waals surface area contributed by atoms with Crippen molar-refractivity contribution < 1.29 is 9.59 Å². The average molecular weight is 415 g/mol. The summed E-state index contributed by atoms with van der Waals surface area (Å²) in [5, 5.41) is 3.60. The average Bonchev–Trinajstić information content (AvgIpc) is 2.73. The van der Waals surface area contributed by atoms with Crippen molar-refractivity contribution in [3.05, 3.63) is 70.7 Å². The van der Waals surface area contributed by atoms with E-state index in [-0.39, 0.29) is 24.3 Å². The van der Waals surface area contributed by atoms with Crippen molar-refractivity contribution in [3.8, 4) is 0 Å². The summed E-state index contributed by atoms with van der Waals surface area (Å²) < 4.78 is 0. The SMILES string of the molecule is CC[C@H](C)NC(=O)[C@H](CC)N(CCc1ccccc1)C(=O)Cc1ccccc1Cl. The van der Waals surface area contributed by atoms with Gasteiger partial charge in [0.15, 0.2) is 0 Å². The van der Waals surface area contributed by atoms with E-state index in [1.165, 1.54) is 0 Å². The van der Waals surface area contributed by atoms with E-state index in [2.05, 4.69) is 5.32 Å². The largest absolute Gasteiger partial charge is 0.352 e. The summed E-state index contributed by atoms with van der Waals surface area (Å²) in [7, 11) is 0. The zero-order chi connectivity index (χ0) is 21.2. The lowest BCUT2D eigenvalue weighted by Crippen LogP contribution is -2.52. The number of benzene rings is 2. The van der Waals surface area contributed by atoms with Crippen molar-refractivity contribution in [1.82, 2.24) is 10.2 Å². The summed E-state index contributed by atoms with van der Waals surface area (Å²) in [6.45, 7) is 6.44. The second kappa shape index (κ2) is 11.6. The van der Waals surface area contributed by atoms with Crippen molar-refractivity contribution in [2.75, 3.05) is 6.54 Å². The third kappa shape index (κ3) is 6.90. The lowest BCUT2D eigenvalue weighted by molar-refractivity contribution is -0.140. The Bertz CT molecular complexity index is 794. The molecule has 0 saturated heterocycles. The molecule has 0 aromatic heterocycles. The van der Waals surface area contributed by atoms with E-state index in [1.807, 2.05) is 69.3 Å². The van der Waals surface area contributed by atoms with Gasteiger partial charge in [0.05, 0.1) is 6.42 Å². The van der Waals surface area contributed by atoms with Crippen molar-refractivity contribution >= 4 is 23.4 Å². The second-order valence-corrected chi connectivity index (χ2v) is 7.74. The van der Waals surface area contributed by atoms with Gasteiger partial charge < -0.3 is 10.2 Å². The number of carbonyl (C=O) groups excluding carboxylic acids is 2. The Morgan fingerprint density at radius 3 is 2.28 bits per heavy atom. The first-order valence-electron chi connectivity index (χ1n) is 10.3. The molecule has 0 spiro atoms. The van der Waals surface area contributed by atoms with Crippen molar-refractivity contribution in [1.29, 1.82) is 0 Å². The molecular formula is C24H31ClN2O2. The third-order valence-electron chi connectivity index (χ3n) is 5.17. The Labute approximate surface area is 179 Å². The van der Waals surface area contributed by atoms with E-state index >= 15 is 0 Å². The van der Waals surface area contributed by atoms with Crippen LogP contribution in [-0.4, -0.2) is 35.3 Å². The fourth-order valence-electron chi connectivity index (χ4n) is 3.24. The van der Waals surface area contributed by atoms with Crippen molar-refractivity contribution in [2.24, 2.45) is 0 Å². The van der Waals surface area contributed by atoms with E-state index in [9.17, 15) is 9.59 Å². The predicted molar refractivity (Wildman–Crippen MR) is 119 cm³/mol. The monoisotopic (exact) mass is 414 g/mol. The maximum Gasteiger partial charge on any atom is 0.243 e. The van der Waals surface area contributed by atoms with E-state index < -0.39 is 6.04 Å². The molecule has 156 valence electrons. The fraction of sp³-hybridized carbons (Fsp3) is 0.417. The molecule has 4 nitrogen and oxygen atoms in total. The molecule has 0 aliphatic carbocycles. The van der Waals surface area contributed by atoms with Gasteiger partial charge in [-0.25, -0.2) is 0 Å². The van der Waals surface area contributed by atoms with Crippen LogP contribution in [0.1, 0.15) is 44.7 Å². The highest BCUT2D eigenvalue weighted by Crippen LogP contribution is 2.18. The van der Waals surface area contributed by atoms with Crippen LogP contribution < -0.4 is 5.32 Å². The van der Waals surface area contributed by atoms with Gasteiger partial charge >= 0.3 is 0 Å². The van der Waals surface area contributed by atoms with Gasteiger partial charge in [-0.15, -0.1) is 0 Å². The minimum absolute atomic E-state index is 0.0752. The highest BCUT2D eigenvalue weighted by Gasteiger charge is 2.29. The van der Waals surface area contributed by atoms with Gasteiger partial charge in [0, 0.05) is 17.6 Å². The van der Waals surface area contributed by atoms with Crippen LogP contribution in [0.15, 0.2) is 54.6 Å². The standard InChI is InChI=1S/C24H31ClN2O2/c1-4-18(3)26-24(29)22(5-2)27(16-15-19-11-7-6-8-12-19)23(28)17-20-13-9-10-14-21(20)25/h6-14,18,22H,4-5,15-17H2,1-3H3,(H,26,29)/t18-,22-/m0/s1. The molecule has 0 saturated carbocycles. The molecule has 1 N–H and O–H groups in total. The molecule has 0 unspecified atom stereocenters. The minimum Gasteiger partial charge on any atom is -0.352 e. The number of nitrogens with zero attached hydrogens (tertiary/aromatic N) is 1. The maximum atomic E-state index is 13.2. The van der Waals surface area contributed by atoms with Gasteiger partial charge in [-0.05, 0) is 43.4 Å². The molecule has 0 heterocycles. The molecule has 2 aromatic carbocycles. The second-order valence-electron chi connectivity index (χ2n) is 7.33. The highest BCUT2D eigenvalue weighted by molar-refractivity contribution is 6.31. The smallest absolute Gasteiger partial charge is 0.243 e. The first-order chi connectivity index (χ1) is 14.0. The summed E-state index contributed by atoms with van der Waals surface area (Å²) in [4.78, 5) is 27.8. The summed E-state index contributed by atoms with van der Waals surface area (Å²) in [5.41, 5.74) is 1.92. The van der Waals surface area contributed by atoms with E-state index in [1.54, 1.807) is 11.0 Å². The number of amides is 2. The molecule has 0 aliphatic heterocycles. The zero-order valence-electron chi connectivity index (χ0n) is 17.5. The number of nitrogens with one attached hydrogen (secondary N) is 1. The summed E-state index contributed by atoms with van der Waals surface area (Å²) in [6.07, 6.45) is 2.29. The zero-order valence-corrected chi connectivity index (χ0v) is 18.3. The fourth-order valence-corrected chi connectivity index (χ4v) is 3.45. The van der Waals surface area contributed by atoms with Gasteiger partial charge in [-0.1, -0.05) is 74.0 Å². The van der Waals surface area contributed by atoms with Crippen LogP contribution >= 0.6 is 11.6 Å². The highest BCUT2D eigenvalue weighted by atomic mass is 35.5. The van der Waals surface area contributed by atoms with Crippen LogP contribution in [0.3, 0.4) is 0 Å². The van der Waals surface area contributed by atoms with E-state index in [4.69, 9.17) is 11.6 Å². The number of hydrogen-bond donors (Lipinski definition) is 1.